The van der Waals surface area contributed by atoms with Crippen LogP contribution in [0.25, 0.3) is 0 Å². The minimum absolute atomic E-state index is 0.241. The molecule has 0 radical (unpaired) electrons. The number of nitrogens with zero attached hydrogens (tertiary/aromatic N) is 1. The summed E-state index contributed by atoms with van der Waals surface area (Å²) in [5, 5.41) is 17.2. The smallest absolute Gasteiger partial charge is 0.295 e. The van der Waals surface area contributed by atoms with E-state index in [0.717, 1.165) is 17.2 Å². The van der Waals surface area contributed by atoms with Crippen molar-refractivity contribution in [1.29, 1.82) is 0 Å². The molecule has 6 nitrogen and oxygen atoms in total. The van der Waals surface area contributed by atoms with Crippen molar-refractivity contribution in [2.24, 2.45) is 0 Å². The van der Waals surface area contributed by atoms with Gasteiger partial charge in [0.15, 0.2) is 0 Å². The summed E-state index contributed by atoms with van der Waals surface area (Å²) in [6, 6.07) is 1.58. The molecule has 1 aromatic heterocycles. The number of nitro benzene ring substituents is 1. The van der Waals surface area contributed by atoms with Gasteiger partial charge in [-0.3, -0.25) is 14.9 Å². The molecule has 0 aliphatic heterocycles. The van der Waals surface area contributed by atoms with E-state index >= 15 is 0 Å². The average Bonchev–Trinajstić information content (AvgIpc) is 2.83. The molecule has 0 unspecified atom stereocenters. The van der Waals surface area contributed by atoms with Gasteiger partial charge in [-0.2, -0.15) is 11.3 Å². The van der Waals surface area contributed by atoms with E-state index in [1.807, 2.05) is 17.7 Å². The summed E-state index contributed by atoms with van der Waals surface area (Å²) in [5.74, 6) is -1.53. The average molecular weight is 309 g/mol. The third-order valence-corrected chi connectivity index (χ3v) is 3.88. The van der Waals surface area contributed by atoms with Crippen LogP contribution in [0.2, 0.25) is 0 Å². The molecule has 0 saturated heterocycles. The second kappa shape index (κ2) is 5.88. The van der Waals surface area contributed by atoms with Gasteiger partial charge in [0.25, 0.3) is 11.6 Å². The number of thiophene rings is 1. The van der Waals surface area contributed by atoms with Crippen molar-refractivity contribution in [1.82, 2.24) is 5.32 Å². The normalized spacial score (nSPS) is 10.4. The molecule has 0 bridgehead atoms. The highest BCUT2D eigenvalue weighted by atomic mass is 32.1. The number of anilines is 1. The Balaban J connectivity index is 2.23. The number of hydrogen-bond acceptors (Lipinski definition) is 5. The molecule has 8 heteroatoms. The second-order valence-corrected chi connectivity index (χ2v) is 5.15. The summed E-state index contributed by atoms with van der Waals surface area (Å²) < 4.78 is 13.4. The van der Waals surface area contributed by atoms with Crippen molar-refractivity contribution in [3.05, 3.63) is 55.5 Å². The Morgan fingerprint density at radius 2 is 2.19 bits per heavy atom. The van der Waals surface area contributed by atoms with Crippen LogP contribution in [0.5, 0.6) is 0 Å². The van der Waals surface area contributed by atoms with Crippen LogP contribution in [0.1, 0.15) is 21.5 Å². The largest absolute Gasteiger partial charge is 0.393 e. The Morgan fingerprint density at radius 1 is 1.48 bits per heavy atom. The number of halogens is 1. The van der Waals surface area contributed by atoms with E-state index in [9.17, 15) is 19.3 Å². The third-order valence-electron chi connectivity index (χ3n) is 2.97. The van der Waals surface area contributed by atoms with Crippen molar-refractivity contribution in [3.8, 4) is 0 Å². The minimum Gasteiger partial charge on any atom is -0.393 e. The van der Waals surface area contributed by atoms with Crippen molar-refractivity contribution in [3.63, 3.8) is 0 Å². The molecule has 21 heavy (non-hydrogen) atoms. The fourth-order valence-corrected chi connectivity index (χ4v) is 2.64. The number of carbonyl (C=O) groups is 1. The summed E-state index contributed by atoms with van der Waals surface area (Å²) in [6.45, 7) is 2.15. The van der Waals surface area contributed by atoms with Gasteiger partial charge in [-0.25, -0.2) is 4.39 Å². The van der Waals surface area contributed by atoms with Crippen LogP contribution in [0, 0.1) is 22.9 Å². The van der Waals surface area contributed by atoms with Gasteiger partial charge in [0.1, 0.15) is 11.5 Å². The molecule has 1 amide bonds. The number of hydrogen-bond donors (Lipinski definition) is 2. The summed E-state index contributed by atoms with van der Waals surface area (Å²) in [6.07, 6.45) is 0. The molecule has 0 fully saturated rings. The fourth-order valence-electron chi connectivity index (χ4n) is 1.78. The number of amides is 1. The first-order valence-corrected chi connectivity index (χ1v) is 6.87. The summed E-state index contributed by atoms with van der Waals surface area (Å²) in [7, 11) is 0. The van der Waals surface area contributed by atoms with E-state index in [1.165, 1.54) is 11.3 Å². The van der Waals surface area contributed by atoms with Crippen molar-refractivity contribution >= 4 is 28.6 Å². The van der Waals surface area contributed by atoms with Gasteiger partial charge in [0, 0.05) is 6.54 Å². The van der Waals surface area contributed by atoms with Gasteiger partial charge in [-0.15, -0.1) is 0 Å². The third kappa shape index (κ3) is 3.16. The van der Waals surface area contributed by atoms with Crippen LogP contribution in [-0.2, 0) is 6.54 Å². The highest BCUT2D eigenvalue weighted by Crippen LogP contribution is 2.26. The molecule has 1 heterocycles. The number of aryl methyl sites for hydroxylation is 1. The zero-order chi connectivity index (χ0) is 15.6. The predicted octanol–water partition coefficient (Wildman–Crippen LogP) is 2.62. The maximum Gasteiger partial charge on any atom is 0.295 e. The maximum absolute atomic E-state index is 13.4. The molecule has 3 N–H and O–H groups in total. The lowest BCUT2D eigenvalue weighted by Crippen LogP contribution is -2.24. The first kappa shape index (κ1) is 14.9. The quantitative estimate of drug-likeness (QED) is 0.515. The zero-order valence-corrected chi connectivity index (χ0v) is 11.9. The Kier molecular flexibility index (Phi) is 4.18. The topological polar surface area (TPSA) is 98.3 Å². The number of nitrogen functional groups attached to an aromatic ring is 1. The van der Waals surface area contributed by atoms with Crippen molar-refractivity contribution in [2.75, 3.05) is 5.73 Å². The molecule has 0 aliphatic rings. The van der Waals surface area contributed by atoms with Gasteiger partial charge in [-0.05, 0) is 34.9 Å². The number of carbonyl (C=O) groups excluding carboxylic acids is 1. The zero-order valence-electron chi connectivity index (χ0n) is 11.1. The van der Waals surface area contributed by atoms with Crippen molar-refractivity contribution in [2.45, 2.75) is 13.5 Å². The van der Waals surface area contributed by atoms with Gasteiger partial charge < -0.3 is 11.1 Å². The minimum atomic E-state index is -0.882. The lowest BCUT2D eigenvalue weighted by Gasteiger charge is -2.08. The molecular weight excluding hydrogens is 297 g/mol. The van der Waals surface area contributed by atoms with E-state index in [4.69, 9.17) is 5.73 Å². The standard InChI is InChI=1S/C13H12FN3O3S/c1-7-5-21-6-8(7)4-16-13(18)10-2-9(14)3-11(12(10)15)17(19)20/h2-3,5-6H,4,15H2,1H3,(H,16,18). The molecule has 0 atom stereocenters. The molecule has 2 aromatic rings. The Labute approximate surface area is 123 Å². The molecular formula is C13H12FN3O3S. The highest BCUT2D eigenvalue weighted by molar-refractivity contribution is 7.08. The van der Waals surface area contributed by atoms with E-state index in [2.05, 4.69) is 5.32 Å². The van der Waals surface area contributed by atoms with Crippen LogP contribution in [0.3, 0.4) is 0 Å². The van der Waals surface area contributed by atoms with E-state index in [0.29, 0.717) is 6.07 Å². The van der Waals surface area contributed by atoms with Gasteiger partial charge in [0.2, 0.25) is 0 Å². The van der Waals surface area contributed by atoms with Gasteiger partial charge >= 0.3 is 0 Å². The SMILES string of the molecule is Cc1cscc1CNC(=O)c1cc(F)cc([N+](=O)[O-])c1N. The molecule has 110 valence electrons. The lowest BCUT2D eigenvalue weighted by atomic mass is 10.1. The Hall–Kier alpha value is -2.48. The van der Waals surface area contributed by atoms with Gasteiger partial charge in [-0.1, -0.05) is 0 Å². The number of nitrogens with two attached hydrogens (primary N) is 1. The number of rotatable bonds is 4. The number of benzene rings is 1. The predicted molar refractivity (Wildman–Crippen MR) is 77.7 cm³/mol. The van der Waals surface area contributed by atoms with Crippen LogP contribution in [0.15, 0.2) is 22.9 Å². The lowest BCUT2D eigenvalue weighted by molar-refractivity contribution is -0.384. The van der Waals surface area contributed by atoms with Gasteiger partial charge in [0.05, 0.1) is 16.6 Å². The first-order valence-electron chi connectivity index (χ1n) is 5.93. The molecule has 1 aromatic carbocycles. The highest BCUT2D eigenvalue weighted by Gasteiger charge is 2.21. The van der Waals surface area contributed by atoms with Crippen LogP contribution in [0.4, 0.5) is 15.8 Å². The Bertz CT molecular complexity index is 715. The number of nitro groups is 1. The maximum atomic E-state index is 13.4. The number of nitrogens with one attached hydrogen (secondary N) is 1. The summed E-state index contributed by atoms with van der Waals surface area (Å²) >= 11 is 1.50. The fraction of sp³-hybridized carbons (Fsp3) is 0.154. The first-order chi connectivity index (χ1) is 9.90. The second-order valence-electron chi connectivity index (χ2n) is 4.41. The van der Waals surface area contributed by atoms with E-state index in [1.54, 1.807) is 0 Å². The molecule has 0 aliphatic carbocycles. The monoisotopic (exact) mass is 309 g/mol. The molecule has 0 saturated carbocycles. The van der Waals surface area contributed by atoms with E-state index < -0.39 is 22.3 Å². The summed E-state index contributed by atoms with van der Waals surface area (Å²) in [4.78, 5) is 22.0. The van der Waals surface area contributed by atoms with Crippen LogP contribution >= 0.6 is 11.3 Å². The summed E-state index contributed by atoms with van der Waals surface area (Å²) in [5.41, 5.74) is 6.31. The van der Waals surface area contributed by atoms with Crippen molar-refractivity contribution < 1.29 is 14.1 Å². The van der Waals surface area contributed by atoms with Crippen LogP contribution in [-0.4, -0.2) is 10.8 Å². The molecule has 2 rings (SSSR count). The van der Waals surface area contributed by atoms with E-state index in [-0.39, 0.29) is 17.8 Å². The van der Waals surface area contributed by atoms with Crippen LogP contribution < -0.4 is 11.1 Å². The molecule has 0 spiro atoms. The Morgan fingerprint density at radius 3 is 2.76 bits per heavy atom.